The van der Waals surface area contributed by atoms with Crippen LogP contribution in [0.2, 0.25) is 0 Å². The molecule has 1 aliphatic heterocycles. The van der Waals surface area contributed by atoms with Crippen molar-refractivity contribution in [3.8, 4) is 0 Å². The van der Waals surface area contributed by atoms with Crippen molar-refractivity contribution in [1.29, 1.82) is 0 Å². The molecule has 1 fully saturated rings. The molecule has 0 radical (unpaired) electrons. The Morgan fingerprint density at radius 1 is 1.29 bits per heavy atom. The van der Waals surface area contributed by atoms with Gasteiger partial charge < -0.3 is 9.26 Å². The first kappa shape index (κ1) is 12.4. The van der Waals surface area contributed by atoms with Gasteiger partial charge in [-0.05, 0) is 26.2 Å². The van der Waals surface area contributed by atoms with E-state index in [0.29, 0.717) is 24.2 Å². The van der Waals surface area contributed by atoms with Crippen LogP contribution >= 0.6 is 8.15 Å². The molecule has 0 saturated carbocycles. The fourth-order valence-electron chi connectivity index (χ4n) is 1.86. The van der Waals surface area contributed by atoms with E-state index in [1.807, 2.05) is 0 Å². The summed E-state index contributed by atoms with van der Waals surface area (Å²) in [4.78, 5) is 0. The van der Waals surface area contributed by atoms with Crippen molar-refractivity contribution in [2.75, 3.05) is 12.8 Å². The van der Waals surface area contributed by atoms with E-state index in [9.17, 15) is 0 Å². The third kappa shape index (κ3) is 2.68. The van der Waals surface area contributed by atoms with E-state index in [1.54, 1.807) is 0 Å². The fraction of sp³-hybridized carbons (Fsp3) is 1.00. The first-order valence-electron chi connectivity index (χ1n) is 5.63. The molecule has 5 unspecified atom stereocenters. The molecule has 2 nitrogen and oxygen atoms in total. The summed E-state index contributed by atoms with van der Waals surface area (Å²) in [5.74, 6) is 0.538. The summed E-state index contributed by atoms with van der Waals surface area (Å²) in [5, 5.41) is 0. The molecule has 1 rings (SSSR count). The highest BCUT2D eigenvalue weighted by molar-refractivity contribution is 7.51. The van der Waals surface area contributed by atoms with Crippen LogP contribution in [0.15, 0.2) is 0 Å². The van der Waals surface area contributed by atoms with Gasteiger partial charge in [0.05, 0.1) is 18.3 Å². The third-order valence-electron chi connectivity index (χ3n) is 3.16. The van der Waals surface area contributed by atoms with E-state index in [1.165, 1.54) is 0 Å². The summed E-state index contributed by atoms with van der Waals surface area (Å²) in [6.07, 6.45) is 3.20. The maximum absolute atomic E-state index is 6.09. The predicted molar refractivity (Wildman–Crippen MR) is 62.0 cm³/mol. The summed E-state index contributed by atoms with van der Waals surface area (Å²) in [6, 6.07) is 0. The third-order valence-corrected chi connectivity index (χ3v) is 4.66. The second-order valence-electron chi connectivity index (χ2n) is 4.16. The van der Waals surface area contributed by atoms with Crippen molar-refractivity contribution >= 4 is 8.15 Å². The standard InChI is InChI=1S/C11H23O2P/c1-6-10-11(13-14(5)7-2)8(3)9(4)12-10/h8-11H,6-7H2,1-5H3. The Kier molecular flexibility index (Phi) is 4.82. The Balaban J connectivity index is 2.55. The van der Waals surface area contributed by atoms with Crippen molar-refractivity contribution in [1.82, 2.24) is 0 Å². The van der Waals surface area contributed by atoms with Crippen LogP contribution in [-0.4, -0.2) is 31.1 Å². The zero-order valence-electron chi connectivity index (χ0n) is 9.99. The molecule has 0 aromatic rings. The highest BCUT2D eigenvalue weighted by atomic mass is 31.1. The van der Waals surface area contributed by atoms with Crippen LogP contribution in [0.4, 0.5) is 0 Å². The lowest BCUT2D eigenvalue weighted by molar-refractivity contribution is 0.0240. The van der Waals surface area contributed by atoms with Gasteiger partial charge in [0.15, 0.2) is 0 Å². The van der Waals surface area contributed by atoms with Crippen LogP contribution in [-0.2, 0) is 9.26 Å². The normalized spacial score (nSPS) is 40.1. The lowest BCUT2D eigenvalue weighted by Crippen LogP contribution is -2.27. The maximum Gasteiger partial charge on any atom is 0.0929 e. The largest absolute Gasteiger partial charge is 0.372 e. The van der Waals surface area contributed by atoms with E-state index < -0.39 is 0 Å². The zero-order chi connectivity index (χ0) is 10.7. The summed E-state index contributed by atoms with van der Waals surface area (Å²) >= 11 is 0. The van der Waals surface area contributed by atoms with Crippen LogP contribution in [0.25, 0.3) is 0 Å². The van der Waals surface area contributed by atoms with Crippen molar-refractivity contribution in [3.63, 3.8) is 0 Å². The number of ether oxygens (including phenoxy) is 1. The number of hydrogen-bond donors (Lipinski definition) is 0. The van der Waals surface area contributed by atoms with Crippen molar-refractivity contribution < 1.29 is 9.26 Å². The Hall–Kier alpha value is 0.350. The molecule has 84 valence electrons. The minimum atomic E-state index is -0.247. The molecule has 0 bridgehead atoms. The van der Waals surface area contributed by atoms with E-state index in [0.717, 1.165) is 12.6 Å². The van der Waals surface area contributed by atoms with Crippen LogP contribution in [0.1, 0.15) is 34.1 Å². The van der Waals surface area contributed by atoms with Crippen LogP contribution in [0.3, 0.4) is 0 Å². The lowest BCUT2D eigenvalue weighted by Gasteiger charge is -2.24. The topological polar surface area (TPSA) is 18.5 Å². The van der Waals surface area contributed by atoms with E-state index in [2.05, 4.69) is 34.4 Å². The van der Waals surface area contributed by atoms with Gasteiger partial charge in [-0.3, -0.25) is 0 Å². The Morgan fingerprint density at radius 2 is 1.93 bits per heavy atom. The minimum Gasteiger partial charge on any atom is -0.372 e. The van der Waals surface area contributed by atoms with Crippen molar-refractivity contribution in [3.05, 3.63) is 0 Å². The molecular formula is C11H23O2P. The molecule has 0 aromatic carbocycles. The van der Waals surface area contributed by atoms with E-state index in [4.69, 9.17) is 9.26 Å². The van der Waals surface area contributed by atoms with Gasteiger partial charge in [0.2, 0.25) is 0 Å². The Morgan fingerprint density at radius 3 is 2.43 bits per heavy atom. The second-order valence-corrected chi connectivity index (χ2v) is 6.26. The summed E-state index contributed by atoms with van der Waals surface area (Å²) < 4.78 is 12.0. The van der Waals surface area contributed by atoms with Gasteiger partial charge in [-0.25, -0.2) is 0 Å². The highest BCUT2D eigenvalue weighted by Crippen LogP contribution is 2.41. The van der Waals surface area contributed by atoms with Gasteiger partial charge >= 0.3 is 0 Å². The number of hydrogen-bond acceptors (Lipinski definition) is 2. The van der Waals surface area contributed by atoms with Crippen LogP contribution < -0.4 is 0 Å². The van der Waals surface area contributed by atoms with Gasteiger partial charge in [-0.2, -0.15) is 0 Å². The molecule has 1 saturated heterocycles. The molecule has 0 spiro atoms. The van der Waals surface area contributed by atoms with E-state index in [-0.39, 0.29) is 8.15 Å². The molecule has 14 heavy (non-hydrogen) atoms. The van der Waals surface area contributed by atoms with Gasteiger partial charge in [0, 0.05) is 14.1 Å². The summed E-state index contributed by atoms with van der Waals surface area (Å²) in [6.45, 7) is 11.0. The van der Waals surface area contributed by atoms with Gasteiger partial charge in [-0.15, -0.1) is 0 Å². The van der Waals surface area contributed by atoms with Gasteiger partial charge in [-0.1, -0.05) is 20.8 Å². The molecule has 0 aromatic heterocycles. The fourth-order valence-corrected chi connectivity index (χ4v) is 2.75. The first-order valence-corrected chi connectivity index (χ1v) is 7.52. The van der Waals surface area contributed by atoms with Crippen molar-refractivity contribution in [2.45, 2.75) is 52.4 Å². The molecule has 0 amide bonds. The maximum atomic E-state index is 6.09. The second kappa shape index (κ2) is 5.44. The lowest BCUT2D eigenvalue weighted by atomic mass is 9.98. The SMILES string of the molecule is CCC1OC(C)C(C)C1OP(C)CC. The van der Waals surface area contributed by atoms with Crippen molar-refractivity contribution in [2.24, 2.45) is 5.92 Å². The molecule has 5 atom stereocenters. The monoisotopic (exact) mass is 218 g/mol. The zero-order valence-corrected chi connectivity index (χ0v) is 10.9. The summed E-state index contributed by atoms with van der Waals surface area (Å²) in [5.41, 5.74) is 0. The highest BCUT2D eigenvalue weighted by Gasteiger charge is 2.39. The van der Waals surface area contributed by atoms with Crippen LogP contribution in [0.5, 0.6) is 0 Å². The molecule has 0 N–H and O–H groups in total. The average Bonchev–Trinajstić information content (AvgIpc) is 2.45. The first-order chi connectivity index (χ1) is 6.60. The molecule has 1 aliphatic rings. The van der Waals surface area contributed by atoms with Crippen LogP contribution in [0, 0.1) is 5.92 Å². The molecule has 3 heteroatoms. The van der Waals surface area contributed by atoms with Gasteiger partial charge in [0.1, 0.15) is 0 Å². The number of rotatable bonds is 4. The Bertz CT molecular complexity index is 175. The molecule has 1 heterocycles. The minimum absolute atomic E-state index is 0.247. The Labute approximate surface area is 89.2 Å². The summed E-state index contributed by atoms with van der Waals surface area (Å²) in [7, 11) is -0.247. The molecular weight excluding hydrogens is 195 g/mol. The molecule has 0 aliphatic carbocycles. The predicted octanol–water partition coefficient (Wildman–Crippen LogP) is 3.25. The smallest absolute Gasteiger partial charge is 0.0929 e. The van der Waals surface area contributed by atoms with Gasteiger partial charge in [0.25, 0.3) is 0 Å². The average molecular weight is 218 g/mol. The quantitative estimate of drug-likeness (QED) is 0.674. The van der Waals surface area contributed by atoms with E-state index >= 15 is 0 Å².